The second-order valence-corrected chi connectivity index (χ2v) is 5.08. The van der Waals surface area contributed by atoms with E-state index in [0.29, 0.717) is 0 Å². The molecular formula is H4O9P3-. The summed E-state index contributed by atoms with van der Waals surface area (Å²) in [7, 11) is -13.7. The topological polar surface area (TPSA) is 157 Å². The summed E-state index contributed by atoms with van der Waals surface area (Å²) >= 11 is 0. The lowest BCUT2D eigenvalue weighted by molar-refractivity contribution is -0.191. The van der Waals surface area contributed by atoms with E-state index in [9.17, 15) is 14.0 Å². The lowest BCUT2D eigenvalue weighted by Crippen LogP contribution is -2.00. The largest absolute Gasteiger partial charge is 0.785 e. The highest BCUT2D eigenvalue weighted by molar-refractivity contribution is 7.62. The fourth-order valence-corrected chi connectivity index (χ4v) is 1.97. The van der Waals surface area contributed by atoms with Crippen molar-refractivity contribution in [3.63, 3.8) is 0 Å². The monoisotopic (exact) mass is 241 g/mol. The van der Waals surface area contributed by atoms with Crippen molar-refractivity contribution in [2.45, 2.75) is 0 Å². The zero-order valence-corrected chi connectivity index (χ0v) is 7.86. The van der Waals surface area contributed by atoms with E-state index in [0.717, 1.165) is 0 Å². The summed E-state index contributed by atoms with van der Waals surface area (Å²) in [6, 6.07) is 0. The third kappa shape index (κ3) is 8.70. The molecule has 0 spiro atoms. The minimum Gasteiger partial charge on any atom is -0.785 e. The number of hydrogen-bond donors (Lipinski definition) is 4. The van der Waals surface area contributed by atoms with Crippen LogP contribution >= 0.6 is 24.2 Å². The molecule has 0 aliphatic rings. The van der Waals surface area contributed by atoms with Crippen LogP contribution in [0.5, 0.6) is 0 Å². The molecule has 0 aromatic heterocycles. The van der Waals surface area contributed by atoms with Gasteiger partial charge < -0.3 is 24.5 Å². The predicted molar refractivity (Wildman–Crippen MR) is 33.2 cm³/mol. The molecule has 0 radical (unpaired) electrons. The molecule has 0 aliphatic carbocycles. The van der Waals surface area contributed by atoms with Crippen LogP contribution in [0.2, 0.25) is 0 Å². The summed E-state index contributed by atoms with van der Waals surface area (Å²) in [4.78, 5) is 42.0. The first-order chi connectivity index (χ1) is 5.10. The third-order valence-electron chi connectivity index (χ3n) is 0.346. The van der Waals surface area contributed by atoms with E-state index in [1.807, 2.05) is 0 Å². The van der Waals surface area contributed by atoms with E-state index in [2.05, 4.69) is 8.62 Å². The Morgan fingerprint density at radius 1 is 1.00 bits per heavy atom. The van der Waals surface area contributed by atoms with Gasteiger partial charge in [-0.2, -0.15) is 0 Å². The van der Waals surface area contributed by atoms with Crippen molar-refractivity contribution in [1.29, 1.82) is 0 Å². The summed E-state index contributed by atoms with van der Waals surface area (Å²) < 4.78 is 26.3. The zero-order chi connectivity index (χ0) is 9.99. The van der Waals surface area contributed by atoms with Crippen LogP contribution in [0.4, 0.5) is 0 Å². The van der Waals surface area contributed by atoms with Gasteiger partial charge in [0, 0.05) is 0 Å². The van der Waals surface area contributed by atoms with Crippen molar-refractivity contribution in [2.24, 2.45) is 0 Å². The van der Waals surface area contributed by atoms with Gasteiger partial charge in [-0.05, 0) is 0 Å². The standard InChI is InChI=1S/H4O9P3/c1-10(8-11(2,3)4)9-12(5,6)7/h(H2,2,3,4)(H2,5,6,7)/q-1. The smallest absolute Gasteiger partial charge is 0.473 e. The molecule has 0 aromatic carbocycles. The van der Waals surface area contributed by atoms with E-state index in [4.69, 9.17) is 19.6 Å². The molecule has 0 amide bonds. The van der Waals surface area contributed by atoms with Gasteiger partial charge in [0.2, 0.25) is 0 Å². The molecule has 0 atom stereocenters. The normalized spacial score (nSPS) is 13.8. The molecular weight excluding hydrogens is 237 g/mol. The lowest BCUT2D eigenvalue weighted by Gasteiger charge is -2.21. The van der Waals surface area contributed by atoms with Gasteiger partial charge in [-0.3, -0.25) is 0 Å². The van der Waals surface area contributed by atoms with E-state index in [1.165, 1.54) is 0 Å². The molecule has 0 unspecified atom stereocenters. The molecule has 0 bridgehead atoms. The predicted octanol–water partition coefficient (Wildman–Crippen LogP) is -1.21. The summed E-state index contributed by atoms with van der Waals surface area (Å²) in [5, 5.41) is 0. The summed E-state index contributed by atoms with van der Waals surface area (Å²) in [5.74, 6) is 0. The Balaban J connectivity index is 4.00. The Labute approximate surface area is 67.4 Å². The van der Waals surface area contributed by atoms with Crippen LogP contribution in [0, 0.1) is 0 Å². The number of phosphoric acid groups is 2. The lowest BCUT2D eigenvalue weighted by atomic mass is 15.7. The van der Waals surface area contributed by atoms with Crippen LogP contribution in [-0.4, -0.2) is 19.6 Å². The molecule has 12 heavy (non-hydrogen) atoms. The average Bonchev–Trinajstić information content (AvgIpc) is 1.49. The number of hydrogen-bond acceptors (Lipinski definition) is 5. The molecule has 0 heterocycles. The van der Waals surface area contributed by atoms with Crippen LogP contribution in [0.1, 0.15) is 0 Å². The SMILES string of the molecule is O=P(O)(O)OP([O-])OP(=O)(O)O. The van der Waals surface area contributed by atoms with Gasteiger partial charge in [-0.1, -0.05) is 0 Å². The minimum atomic E-state index is -5.06. The van der Waals surface area contributed by atoms with Crippen molar-refractivity contribution in [2.75, 3.05) is 0 Å². The Morgan fingerprint density at radius 2 is 1.25 bits per heavy atom. The highest BCUT2D eigenvalue weighted by Crippen LogP contribution is 2.57. The fraction of sp³-hybridized carbons (Fsp3) is 0. The molecule has 12 heteroatoms. The van der Waals surface area contributed by atoms with Crippen LogP contribution < -0.4 is 4.89 Å². The Bertz CT molecular complexity index is 194. The van der Waals surface area contributed by atoms with E-state index in [1.54, 1.807) is 0 Å². The average molecular weight is 241 g/mol. The van der Waals surface area contributed by atoms with Crippen LogP contribution in [0.3, 0.4) is 0 Å². The first-order valence-corrected chi connectivity index (χ1v) is 6.23. The van der Waals surface area contributed by atoms with E-state index < -0.39 is 24.2 Å². The maximum absolute atomic E-state index is 10.2. The van der Waals surface area contributed by atoms with Gasteiger partial charge in [0.05, 0.1) is 0 Å². The van der Waals surface area contributed by atoms with Crippen molar-refractivity contribution in [1.82, 2.24) is 0 Å². The Hall–Kier alpha value is 0.610. The van der Waals surface area contributed by atoms with E-state index in [-0.39, 0.29) is 0 Å². The van der Waals surface area contributed by atoms with Crippen molar-refractivity contribution < 1.29 is 42.2 Å². The van der Waals surface area contributed by atoms with Crippen molar-refractivity contribution in [3.8, 4) is 0 Å². The maximum atomic E-state index is 10.2. The maximum Gasteiger partial charge on any atom is 0.473 e. The number of rotatable bonds is 4. The van der Waals surface area contributed by atoms with Gasteiger partial charge in [0.25, 0.3) is 0 Å². The van der Waals surface area contributed by atoms with Crippen LogP contribution in [0.25, 0.3) is 0 Å². The molecule has 0 aromatic rings. The molecule has 0 rings (SSSR count). The van der Waals surface area contributed by atoms with Gasteiger partial charge in [-0.25, -0.2) is 17.8 Å². The summed E-state index contributed by atoms with van der Waals surface area (Å²) in [6.45, 7) is 0. The second-order valence-electron chi connectivity index (χ2n) is 1.37. The van der Waals surface area contributed by atoms with Crippen molar-refractivity contribution in [3.05, 3.63) is 0 Å². The highest BCUT2D eigenvalue weighted by Gasteiger charge is 2.22. The van der Waals surface area contributed by atoms with Gasteiger partial charge in [0.1, 0.15) is 8.60 Å². The van der Waals surface area contributed by atoms with Crippen molar-refractivity contribution >= 4 is 24.2 Å². The first-order valence-electron chi connectivity index (χ1n) is 2.08. The minimum absolute atomic E-state index is 3.28. The molecule has 74 valence electrons. The highest BCUT2D eigenvalue weighted by atomic mass is 31.3. The Kier molecular flexibility index (Phi) is 4.43. The fourth-order valence-electron chi connectivity index (χ4n) is 0.189. The molecule has 0 saturated heterocycles. The summed E-state index contributed by atoms with van der Waals surface area (Å²) in [5.41, 5.74) is 0. The Morgan fingerprint density at radius 3 is 1.42 bits per heavy atom. The molecule has 0 aliphatic heterocycles. The first kappa shape index (κ1) is 12.6. The molecule has 0 saturated carbocycles. The quantitative estimate of drug-likeness (QED) is 0.443. The molecule has 0 fully saturated rings. The van der Waals surface area contributed by atoms with Gasteiger partial charge in [-0.15, -0.1) is 0 Å². The van der Waals surface area contributed by atoms with Gasteiger partial charge in [0.15, 0.2) is 0 Å². The van der Waals surface area contributed by atoms with Gasteiger partial charge >= 0.3 is 15.6 Å². The van der Waals surface area contributed by atoms with E-state index >= 15 is 0 Å². The molecule has 4 N–H and O–H groups in total. The second kappa shape index (κ2) is 4.21. The zero-order valence-electron chi connectivity index (χ0n) is 5.17. The molecule has 9 nitrogen and oxygen atoms in total. The third-order valence-corrected chi connectivity index (χ3v) is 3.11. The van der Waals surface area contributed by atoms with Crippen LogP contribution in [0.15, 0.2) is 0 Å². The summed E-state index contributed by atoms with van der Waals surface area (Å²) in [6.07, 6.45) is 0. The van der Waals surface area contributed by atoms with Crippen LogP contribution in [-0.2, 0) is 17.8 Å².